The van der Waals surface area contributed by atoms with Gasteiger partial charge in [0.2, 0.25) is 5.91 Å². The van der Waals surface area contributed by atoms with Crippen LogP contribution in [0.4, 0.5) is 0 Å². The minimum Gasteiger partial charge on any atom is -0.322 e. The molecule has 1 aliphatic rings. The minimum absolute atomic E-state index is 0.0831. The summed E-state index contributed by atoms with van der Waals surface area (Å²) in [5, 5.41) is 4.77. The van der Waals surface area contributed by atoms with Crippen molar-refractivity contribution < 1.29 is 9.59 Å². The summed E-state index contributed by atoms with van der Waals surface area (Å²) < 4.78 is 0. The van der Waals surface area contributed by atoms with Crippen molar-refractivity contribution in [1.82, 2.24) is 10.3 Å². The molecule has 1 N–H and O–H groups in total. The number of nitrogens with one attached hydrogen (secondary N) is 1. The molecule has 2 amide bonds. The minimum atomic E-state index is -0.354. The number of carbonyl (C=O) groups is 2. The number of carbonyl (C=O) groups excluding carboxylic acids is 2. The molecule has 5 nitrogen and oxygen atoms in total. The van der Waals surface area contributed by atoms with Crippen molar-refractivity contribution in [2.45, 2.75) is 11.9 Å². The summed E-state index contributed by atoms with van der Waals surface area (Å²) >= 11 is 13.8. The highest BCUT2D eigenvalue weighted by Gasteiger charge is 2.32. The topological polar surface area (TPSA) is 61.8 Å². The average Bonchev–Trinajstić information content (AvgIpc) is 3.16. The van der Waals surface area contributed by atoms with Gasteiger partial charge in [-0.3, -0.25) is 9.59 Å². The van der Waals surface area contributed by atoms with Gasteiger partial charge in [0.25, 0.3) is 5.91 Å². The van der Waals surface area contributed by atoms with Crippen LogP contribution in [0.1, 0.15) is 32.4 Å². The van der Waals surface area contributed by atoms with Gasteiger partial charge in [0.15, 0.2) is 0 Å². The smallest absolute Gasteiger partial charge is 0.271 e. The molecule has 8 heteroatoms. The van der Waals surface area contributed by atoms with E-state index in [1.807, 2.05) is 47.4 Å². The first-order chi connectivity index (χ1) is 15.5. The second kappa shape index (κ2) is 10.2. The fourth-order valence-corrected chi connectivity index (χ4v) is 5.02. The molecule has 0 spiro atoms. The molecule has 3 aromatic rings. The van der Waals surface area contributed by atoms with E-state index in [1.54, 1.807) is 42.1 Å². The molecule has 1 saturated heterocycles. The monoisotopic (exact) mass is 483 g/mol. The van der Waals surface area contributed by atoms with Crippen molar-refractivity contribution in [3.8, 4) is 0 Å². The highest BCUT2D eigenvalue weighted by Crippen LogP contribution is 2.39. The van der Waals surface area contributed by atoms with E-state index in [-0.39, 0.29) is 17.2 Å². The van der Waals surface area contributed by atoms with Crippen molar-refractivity contribution in [2.75, 3.05) is 5.75 Å². The Labute approximate surface area is 200 Å². The van der Waals surface area contributed by atoms with E-state index in [0.29, 0.717) is 33.5 Å². The molecule has 32 heavy (non-hydrogen) atoms. The molecule has 0 aromatic heterocycles. The molecular formula is C24H19Cl2N3O2S. The second-order valence-electron chi connectivity index (χ2n) is 7.13. The van der Waals surface area contributed by atoms with Gasteiger partial charge in [-0.15, -0.1) is 11.8 Å². The van der Waals surface area contributed by atoms with Gasteiger partial charge in [0, 0.05) is 17.7 Å². The molecular weight excluding hydrogens is 465 g/mol. The predicted molar refractivity (Wildman–Crippen MR) is 130 cm³/mol. The summed E-state index contributed by atoms with van der Waals surface area (Å²) in [5.74, 6) is 0.199. The lowest BCUT2D eigenvalue weighted by Crippen LogP contribution is -2.27. The Hall–Kier alpha value is -2.80. The summed E-state index contributed by atoms with van der Waals surface area (Å²) in [4.78, 5) is 26.7. The van der Waals surface area contributed by atoms with Crippen LogP contribution in [0, 0.1) is 0 Å². The third-order valence-corrected chi connectivity index (χ3v) is 6.90. The van der Waals surface area contributed by atoms with E-state index in [2.05, 4.69) is 10.5 Å². The van der Waals surface area contributed by atoms with Crippen LogP contribution >= 0.6 is 35.0 Å². The summed E-state index contributed by atoms with van der Waals surface area (Å²) in [6.07, 6.45) is 1.42. The van der Waals surface area contributed by atoms with Crippen LogP contribution in [-0.4, -0.2) is 28.7 Å². The van der Waals surface area contributed by atoms with E-state index in [0.717, 1.165) is 11.1 Å². The maximum atomic E-state index is 12.4. The van der Waals surface area contributed by atoms with Gasteiger partial charge in [0.1, 0.15) is 5.37 Å². The highest BCUT2D eigenvalue weighted by molar-refractivity contribution is 8.00. The number of hydrogen-bond acceptors (Lipinski definition) is 4. The van der Waals surface area contributed by atoms with Gasteiger partial charge >= 0.3 is 0 Å². The lowest BCUT2D eigenvalue weighted by molar-refractivity contribution is -0.128. The zero-order chi connectivity index (χ0) is 22.5. The Kier molecular flexibility index (Phi) is 7.15. The highest BCUT2D eigenvalue weighted by atomic mass is 35.5. The Morgan fingerprint density at radius 1 is 1.03 bits per heavy atom. The third kappa shape index (κ3) is 5.15. The molecule has 0 aliphatic carbocycles. The lowest BCUT2D eigenvalue weighted by Gasteiger charge is -2.24. The molecule has 1 fully saturated rings. The molecule has 162 valence electrons. The molecule has 1 atom stereocenters. The Balaban J connectivity index is 1.42. The largest absolute Gasteiger partial charge is 0.322 e. The predicted octanol–water partition coefficient (Wildman–Crippen LogP) is 5.53. The summed E-state index contributed by atoms with van der Waals surface area (Å²) in [6.45, 7) is 0.554. The standard InChI is InChI=1S/C24H19Cl2N3O2S/c25-20-7-4-8-21(26)19(20)13-27-28-23(31)17-9-11-18(12-10-17)24-29(22(30)15-32-24)14-16-5-2-1-3-6-16/h1-13,24H,14-15H2,(H,28,31)/b27-13-/t24-/m0/s1. The number of hydrogen-bond donors (Lipinski definition) is 1. The van der Waals surface area contributed by atoms with E-state index < -0.39 is 0 Å². The van der Waals surface area contributed by atoms with E-state index in [9.17, 15) is 9.59 Å². The quantitative estimate of drug-likeness (QED) is 0.370. The third-order valence-electron chi connectivity index (χ3n) is 4.98. The van der Waals surface area contributed by atoms with E-state index >= 15 is 0 Å². The van der Waals surface area contributed by atoms with Crippen LogP contribution in [0.3, 0.4) is 0 Å². The number of hydrazone groups is 1. The fraction of sp³-hybridized carbons (Fsp3) is 0.125. The molecule has 0 bridgehead atoms. The maximum absolute atomic E-state index is 12.4. The van der Waals surface area contributed by atoms with E-state index in [4.69, 9.17) is 23.2 Å². The molecule has 0 saturated carbocycles. The number of amides is 2. The number of benzene rings is 3. The van der Waals surface area contributed by atoms with Crippen molar-refractivity contribution in [2.24, 2.45) is 5.10 Å². The van der Waals surface area contributed by atoms with Gasteiger partial charge in [-0.2, -0.15) is 5.10 Å². The van der Waals surface area contributed by atoms with Crippen LogP contribution in [0.25, 0.3) is 0 Å². The number of thioether (sulfide) groups is 1. The number of halogens is 2. The zero-order valence-corrected chi connectivity index (χ0v) is 19.2. The molecule has 4 rings (SSSR count). The Morgan fingerprint density at radius 2 is 1.72 bits per heavy atom. The van der Waals surface area contributed by atoms with Gasteiger partial charge in [-0.05, 0) is 35.4 Å². The van der Waals surface area contributed by atoms with Crippen LogP contribution in [-0.2, 0) is 11.3 Å². The second-order valence-corrected chi connectivity index (χ2v) is 9.01. The Morgan fingerprint density at radius 3 is 2.41 bits per heavy atom. The average molecular weight is 484 g/mol. The molecule has 0 unspecified atom stereocenters. The van der Waals surface area contributed by atoms with Gasteiger partial charge in [0.05, 0.1) is 22.0 Å². The SMILES string of the molecule is O=C(N/N=C\c1c(Cl)cccc1Cl)c1ccc([C@@H]2SCC(=O)N2Cc2ccccc2)cc1. The van der Waals surface area contributed by atoms with Crippen molar-refractivity contribution in [3.05, 3.63) is 105 Å². The van der Waals surface area contributed by atoms with Crippen LogP contribution in [0.2, 0.25) is 10.0 Å². The summed E-state index contributed by atoms with van der Waals surface area (Å²) in [5.41, 5.74) is 5.53. The van der Waals surface area contributed by atoms with Crippen LogP contribution < -0.4 is 5.43 Å². The molecule has 0 radical (unpaired) electrons. The zero-order valence-electron chi connectivity index (χ0n) is 16.9. The Bertz CT molecular complexity index is 1130. The number of rotatable bonds is 6. The lowest BCUT2D eigenvalue weighted by atomic mass is 10.1. The molecule has 1 heterocycles. The number of nitrogens with zero attached hydrogens (tertiary/aromatic N) is 2. The maximum Gasteiger partial charge on any atom is 0.271 e. The summed E-state index contributed by atoms with van der Waals surface area (Å²) in [6, 6.07) is 22.2. The fourth-order valence-electron chi connectivity index (χ4n) is 3.33. The molecule has 3 aromatic carbocycles. The van der Waals surface area contributed by atoms with Crippen LogP contribution in [0.15, 0.2) is 77.9 Å². The van der Waals surface area contributed by atoms with Gasteiger partial charge < -0.3 is 4.90 Å². The first-order valence-corrected chi connectivity index (χ1v) is 11.7. The van der Waals surface area contributed by atoms with Gasteiger partial charge in [-0.25, -0.2) is 5.43 Å². The van der Waals surface area contributed by atoms with Crippen molar-refractivity contribution in [3.63, 3.8) is 0 Å². The van der Waals surface area contributed by atoms with Crippen molar-refractivity contribution in [1.29, 1.82) is 0 Å². The van der Waals surface area contributed by atoms with Crippen molar-refractivity contribution >= 4 is 53.0 Å². The normalized spacial score (nSPS) is 16.0. The first kappa shape index (κ1) is 22.4. The van der Waals surface area contributed by atoms with E-state index in [1.165, 1.54) is 6.21 Å². The summed E-state index contributed by atoms with van der Waals surface area (Å²) in [7, 11) is 0. The van der Waals surface area contributed by atoms with Crippen LogP contribution in [0.5, 0.6) is 0 Å². The molecule has 1 aliphatic heterocycles. The first-order valence-electron chi connectivity index (χ1n) is 9.85. The van der Waals surface area contributed by atoms with Gasteiger partial charge in [-0.1, -0.05) is 71.7 Å².